The Morgan fingerprint density at radius 2 is 2.25 bits per heavy atom. The minimum atomic E-state index is -1.19. The van der Waals surface area contributed by atoms with Gasteiger partial charge in [-0.25, -0.2) is 14.2 Å². The third-order valence-corrected chi connectivity index (χ3v) is 5.19. The van der Waals surface area contributed by atoms with Gasteiger partial charge in [-0.1, -0.05) is 12.1 Å². The number of likely N-dealkylation sites (tertiary alicyclic amines) is 1. The predicted octanol–water partition coefficient (Wildman–Crippen LogP) is 3.68. The number of halogens is 1. The lowest BCUT2D eigenvalue weighted by molar-refractivity contribution is -0.148. The summed E-state index contributed by atoms with van der Waals surface area (Å²) in [6.07, 6.45) is 7.05. The van der Waals surface area contributed by atoms with E-state index >= 15 is 4.39 Å². The smallest absolute Gasteiger partial charge is 0.330 e. The standard InChI is InChI=1S/C22H32FN3O2/c1-21(2,3)28-19(27)7-5-14-26-15-12-22(23,16-26)11-10-18-9-8-17-6-4-13-24-20(17)25-18/h5,7-9H,4,6,10-16H2,1-3H3,(H,24,25)/b7-5+/t22-/m0/s1. The number of nitrogens with one attached hydrogen (secondary N) is 1. The molecule has 28 heavy (non-hydrogen) atoms. The number of nitrogens with zero attached hydrogens (tertiary/aromatic N) is 2. The molecule has 5 nitrogen and oxygen atoms in total. The van der Waals surface area contributed by atoms with Gasteiger partial charge in [0.1, 0.15) is 17.1 Å². The zero-order chi connectivity index (χ0) is 20.2. The van der Waals surface area contributed by atoms with E-state index < -0.39 is 11.3 Å². The second kappa shape index (κ2) is 8.60. The van der Waals surface area contributed by atoms with Gasteiger partial charge in [0.2, 0.25) is 0 Å². The number of aromatic nitrogens is 1. The molecule has 0 unspecified atom stereocenters. The summed E-state index contributed by atoms with van der Waals surface area (Å²) in [6.45, 7) is 8.13. The fourth-order valence-electron chi connectivity index (χ4n) is 3.77. The van der Waals surface area contributed by atoms with E-state index in [0.29, 0.717) is 38.9 Å². The Morgan fingerprint density at radius 3 is 3.04 bits per heavy atom. The summed E-state index contributed by atoms with van der Waals surface area (Å²) in [7, 11) is 0. The van der Waals surface area contributed by atoms with Gasteiger partial charge in [-0.05, 0) is 64.5 Å². The molecule has 0 aliphatic carbocycles. The van der Waals surface area contributed by atoms with Crippen LogP contribution in [0.3, 0.4) is 0 Å². The molecule has 154 valence electrons. The second-order valence-electron chi connectivity index (χ2n) is 8.91. The van der Waals surface area contributed by atoms with Crippen molar-refractivity contribution in [2.24, 2.45) is 0 Å². The van der Waals surface area contributed by atoms with Crippen molar-refractivity contribution in [1.82, 2.24) is 9.88 Å². The maximum Gasteiger partial charge on any atom is 0.330 e. The van der Waals surface area contributed by atoms with Crippen LogP contribution in [0.15, 0.2) is 24.3 Å². The highest BCUT2D eigenvalue weighted by molar-refractivity contribution is 5.82. The van der Waals surface area contributed by atoms with Crippen molar-refractivity contribution in [3.05, 3.63) is 35.5 Å². The monoisotopic (exact) mass is 389 g/mol. The van der Waals surface area contributed by atoms with Gasteiger partial charge in [0, 0.05) is 37.9 Å². The number of ether oxygens (including phenoxy) is 1. The van der Waals surface area contributed by atoms with Crippen molar-refractivity contribution in [1.29, 1.82) is 0 Å². The van der Waals surface area contributed by atoms with Gasteiger partial charge in [-0.3, -0.25) is 4.90 Å². The summed E-state index contributed by atoms with van der Waals surface area (Å²) in [6, 6.07) is 4.16. The molecule has 0 spiro atoms. The highest BCUT2D eigenvalue weighted by atomic mass is 19.1. The van der Waals surface area contributed by atoms with Gasteiger partial charge < -0.3 is 10.1 Å². The largest absolute Gasteiger partial charge is 0.457 e. The second-order valence-corrected chi connectivity index (χ2v) is 8.91. The first-order chi connectivity index (χ1) is 13.2. The van der Waals surface area contributed by atoms with Gasteiger partial charge >= 0.3 is 5.97 Å². The lowest BCUT2D eigenvalue weighted by atomic mass is 9.97. The fraction of sp³-hybridized carbons (Fsp3) is 0.636. The molecular weight excluding hydrogens is 357 g/mol. The zero-order valence-electron chi connectivity index (χ0n) is 17.3. The Hall–Kier alpha value is -1.95. The predicted molar refractivity (Wildman–Crippen MR) is 109 cm³/mol. The third kappa shape index (κ3) is 6.03. The summed E-state index contributed by atoms with van der Waals surface area (Å²) in [4.78, 5) is 18.4. The lowest BCUT2D eigenvalue weighted by Gasteiger charge is -2.21. The minimum absolute atomic E-state index is 0.356. The Kier molecular flexibility index (Phi) is 6.38. The van der Waals surface area contributed by atoms with E-state index in [1.807, 2.05) is 31.7 Å². The summed E-state index contributed by atoms with van der Waals surface area (Å²) in [5.41, 5.74) is 0.524. The maximum atomic E-state index is 15.2. The molecule has 1 atom stereocenters. The maximum absolute atomic E-state index is 15.2. The van der Waals surface area contributed by atoms with Crippen LogP contribution in [0.4, 0.5) is 10.2 Å². The van der Waals surface area contributed by atoms with Crippen LogP contribution in [0.25, 0.3) is 0 Å². The Balaban J connectivity index is 1.45. The van der Waals surface area contributed by atoms with Crippen LogP contribution in [-0.4, -0.2) is 53.3 Å². The van der Waals surface area contributed by atoms with Crippen LogP contribution >= 0.6 is 0 Å². The molecule has 0 radical (unpaired) electrons. The van der Waals surface area contributed by atoms with Gasteiger partial charge in [-0.2, -0.15) is 0 Å². The molecule has 1 aromatic heterocycles. The number of anilines is 1. The van der Waals surface area contributed by atoms with Crippen LogP contribution in [0.5, 0.6) is 0 Å². The van der Waals surface area contributed by atoms with Crippen LogP contribution in [0, 0.1) is 0 Å². The van der Waals surface area contributed by atoms with Gasteiger partial charge in [0.05, 0.1) is 0 Å². The quantitative estimate of drug-likeness (QED) is 0.594. The molecule has 2 aliphatic rings. The van der Waals surface area contributed by atoms with Crippen LogP contribution < -0.4 is 5.32 Å². The topological polar surface area (TPSA) is 54.5 Å². The summed E-state index contributed by atoms with van der Waals surface area (Å²) >= 11 is 0. The number of hydrogen-bond donors (Lipinski definition) is 1. The third-order valence-electron chi connectivity index (χ3n) is 5.19. The van der Waals surface area contributed by atoms with Crippen LogP contribution in [0.2, 0.25) is 0 Å². The molecule has 3 rings (SSSR count). The molecule has 0 amide bonds. The Morgan fingerprint density at radius 1 is 1.43 bits per heavy atom. The Bertz CT molecular complexity index is 729. The van der Waals surface area contributed by atoms with E-state index in [-0.39, 0.29) is 5.97 Å². The van der Waals surface area contributed by atoms with Gasteiger partial charge in [-0.15, -0.1) is 0 Å². The molecule has 0 aromatic carbocycles. The van der Waals surface area contributed by atoms with E-state index in [1.54, 1.807) is 6.08 Å². The minimum Gasteiger partial charge on any atom is -0.457 e. The van der Waals surface area contributed by atoms with E-state index in [1.165, 1.54) is 11.6 Å². The van der Waals surface area contributed by atoms with Crippen molar-refractivity contribution in [2.45, 2.75) is 64.1 Å². The van der Waals surface area contributed by atoms with Crippen molar-refractivity contribution in [3.8, 4) is 0 Å². The number of aryl methyl sites for hydroxylation is 2. The molecule has 1 fully saturated rings. The number of carbonyl (C=O) groups is 1. The number of alkyl halides is 1. The first-order valence-electron chi connectivity index (χ1n) is 10.3. The fourth-order valence-corrected chi connectivity index (χ4v) is 3.77. The SMILES string of the molecule is CC(C)(C)OC(=O)/C=C/CN1CC[C@@](F)(CCc2ccc3c(n2)NCCC3)C1. The summed E-state index contributed by atoms with van der Waals surface area (Å²) in [5, 5.41) is 3.34. The van der Waals surface area contributed by atoms with E-state index in [9.17, 15) is 4.79 Å². The van der Waals surface area contributed by atoms with Crippen LogP contribution in [0.1, 0.15) is 51.3 Å². The average molecular weight is 390 g/mol. The van der Waals surface area contributed by atoms with Crippen molar-refractivity contribution < 1.29 is 13.9 Å². The zero-order valence-corrected chi connectivity index (χ0v) is 17.3. The van der Waals surface area contributed by atoms with Crippen molar-refractivity contribution in [2.75, 3.05) is 31.5 Å². The van der Waals surface area contributed by atoms with Crippen LogP contribution in [-0.2, 0) is 22.4 Å². The lowest BCUT2D eigenvalue weighted by Crippen LogP contribution is -2.30. The van der Waals surface area contributed by atoms with Crippen molar-refractivity contribution >= 4 is 11.8 Å². The van der Waals surface area contributed by atoms with E-state index in [4.69, 9.17) is 4.74 Å². The van der Waals surface area contributed by atoms with Gasteiger partial charge in [0.15, 0.2) is 0 Å². The van der Waals surface area contributed by atoms with Crippen molar-refractivity contribution in [3.63, 3.8) is 0 Å². The Labute approximate surface area is 167 Å². The summed E-state index contributed by atoms with van der Waals surface area (Å²) < 4.78 is 20.4. The molecule has 1 N–H and O–H groups in total. The molecule has 1 saturated heterocycles. The van der Waals surface area contributed by atoms with E-state index in [0.717, 1.165) is 30.9 Å². The molecule has 1 aromatic rings. The first-order valence-corrected chi connectivity index (χ1v) is 10.3. The van der Waals surface area contributed by atoms with Gasteiger partial charge in [0.25, 0.3) is 0 Å². The number of carbonyl (C=O) groups excluding carboxylic acids is 1. The highest BCUT2D eigenvalue weighted by Gasteiger charge is 2.37. The number of pyridine rings is 1. The molecule has 6 heteroatoms. The number of rotatable bonds is 6. The molecule has 2 aliphatic heterocycles. The molecule has 0 saturated carbocycles. The molecular formula is C22H32FN3O2. The highest BCUT2D eigenvalue weighted by Crippen LogP contribution is 2.30. The first kappa shape index (κ1) is 20.8. The normalized spacial score (nSPS) is 22.9. The van der Waals surface area contributed by atoms with E-state index in [2.05, 4.69) is 16.4 Å². The average Bonchev–Trinajstić information content (AvgIpc) is 3.00. The summed E-state index contributed by atoms with van der Waals surface area (Å²) in [5.74, 6) is 0.613. The molecule has 0 bridgehead atoms. The number of esters is 1. The molecule has 3 heterocycles. The number of fused-ring (bicyclic) bond motifs is 1. The number of hydrogen-bond acceptors (Lipinski definition) is 5.